The molecule has 3 N–H and O–H groups in total. The lowest BCUT2D eigenvalue weighted by Gasteiger charge is -2.14. The van der Waals surface area contributed by atoms with Crippen LogP contribution in [0.2, 0.25) is 0 Å². The number of halogens is 1. The minimum Gasteiger partial charge on any atom is -0.496 e. The van der Waals surface area contributed by atoms with Crippen LogP contribution in [-0.2, 0) is 6.61 Å². The maximum atomic E-state index is 7.44. The van der Waals surface area contributed by atoms with Crippen molar-refractivity contribution in [2.24, 2.45) is 5.73 Å². The van der Waals surface area contributed by atoms with E-state index in [0.717, 1.165) is 5.56 Å². The third-order valence-electron chi connectivity index (χ3n) is 3.06. The van der Waals surface area contributed by atoms with Gasteiger partial charge in [-0.25, -0.2) is 0 Å². The van der Waals surface area contributed by atoms with Gasteiger partial charge in [-0.1, -0.05) is 18.2 Å². The van der Waals surface area contributed by atoms with E-state index in [2.05, 4.69) is 0 Å². The van der Waals surface area contributed by atoms with Gasteiger partial charge >= 0.3 is 0 Å². The molecular formula is C16H19ClN2O3. The second-order valence-electron chi connectivity index (χ2n) is 4.37. The Morgan fingerprint density at radius 3 is 2.18 bits per heavy atom. The minimum absolute atomic E-state index is 0. The van der Waals surface area contributed by atoms with Gasteiger partial charge in [-0.05, 0) is 24.3 Å². The van der Waals surface area contributed by atoms with Gasteiger partial charge in [0.2, 0.25) is 0 Å². The summed E-state index contributed by atoms with van der Waals surface area (Å²) in [6.45, 7) is 0.300. The molecule has 0 atom stereocenters. The highest BCUT2D eigenvalue weighted by Gasteiger charge is 2.10. The molecule has 2 aromatic rings. The number of ether oxygens (including phenoxy) is 3. The molecule has 2 rings (SSSR count). The van der Waals surface area contributed by atoms with Gasteiger partial charge in [0.05, 0.1) is 19.8 Å². The van der Waals surface area contributed by atoms with Crippen LogP contribution in [0.5, 0.6) is 17.2 Å². The summed E-state index contributed by atoms with van der Waals surface area (Å²) in [5.41, 5.74) is 6.92. The van der Waals surface area contributed by atoms with Crippen molar-refractivity contribution in [1.29, 1.82) is 5.41 Å². The number of nitrogens with two attached hydrogens (primary N) is 1. The van der Waals surface area contributed by atoms with Crippen molar-refractivity contribution in [3.8, 4) is 17.2 Å². The zero-order valence-corrected chi connectivity index (χ0v) is 13.3. The molecule has 0 spiro atoms. The molecule has 0 bridgehead atoms. The zero-order valence-electron chi connectivity index (χ0n) is 12.5. The molecule has 0 radical (unpaired) electrons. The minimum atomic E-state index is 0. The summed E-state index contributed by atoms with van der Waals surface area (Å²) in [7, 11) is 3.21. The van der Waals surface area contributed by atoms with Crippen molar-refractivity contribution in [1.82, 2.24) is 0 Å². The van der Waals surface area contributed by atoms with Crippen molar-refractivity contribution >= 4 is 18.2 Å². The lowest BCUT2D eigenvalue weighted by Crippen LogP contribution is -2.11. The van der Waals surface area contributed by atoms with Gasteiger partial charge in [0.25, 0.3) is 0 Å². The number of methoxy groups -OCH3 is 2. The molecule has 0 aliphatic rings. The fourth-order valence-corrected chi connectivity index (χ4v) is 1.98. The Bertz CT molecular complexity index is 625. The summed E-state index contributed by atoms with van der Waals surface area (Å²) in [6.07, 6.45) is 0. The molecular weight excluding hydrogens is 304 g/mol. The van der Waals surface area contributed by atoms with E-state index in [0.29, 0.717) is 29.4 Å². The first-order valence-electron chi connectivity index (χ1n) is 6.43. The van der Waals surface area contributed by atoms with Crippen molar-refractivity contribution in [2.45, 2.75) is 6.61 Å². The molecule has 5 nitrogen and oxygen atoms in total. The highest BCUT2D eigenvalue weighted by Crippen LogP contribution is 2.29. The largest absolute Gasteiger partial charge is 0.496 e. The molecule has 0 saturated heterocycles. The van der Waals surface area contributed by atoms with E-state index in [-0.39, 0.29) is 18.2 Å². The van der Waals surface area contributed by atoms with Crippen LogP contribution in [0.25, 0.3) is 0 Å². The summed E-state index contributed by atoms with van der Waals surface area (Å²) in [4.78, 5) is 0. The number of rotatable bonds is 6. The van der Waals surface area contributed by atoms with Gasteiger partial charge in [-0.15, -0.1) is 12.4 Å². The van der Waals surface area contributed by atoms with Crippen molar-refractivity contribution < 1.29 is 14.2 Å². The predicted octanol–water partition coefficient (Wildman–Crippen LogP) is 2.99. The van der Waals surface area contributed by atoms with Crippen molar-refractivity contribution in [2.75, 3.05) is 14.2 Å². The van der Waals surface area contributed by atoms with Gasteiger partial charge in [0, 0.05) is 5.56 Å². The Morgan fingerprint density at radius 2 is 1.64 bits per heavy atom. The fourth-order valence-electron chi connectivity index (χ4n) is 1.98. The van der Waals surface area contributed by atoms with Gasteiger partial charge in [-0.3, -0.25) is 5.41 Å². The Labute approximate surface area is 135 Å². The van der Waals surface area contributed by atoms with Crippen molar-refractivity contribution in [3.05, 3.63) is 53.6 Å². The molecule has 22 heavy (non-hydrogen) atoms. The maximum absolute atomic E-state index is 7.44. The Morgan fingerprint density at radius 1 is 1.05 bits per heavy atom. The van der Waals surface area contributed by atoms with Crippen LogP contribution in [0.3, 0.4) is 0 Å². The van der Waals surface area contributed by atoms with Crippen LogP contribution in [0.1, 0.15) is 11.1 Å². The van der Waals surface area contributed by atoms with Gasteiger partial charge in [0.1, 0.15) is 29.7 Å². The highest BCUT2D eigenvalue weighted by molar-refractivity contribution is 5.95. The topological polar surface area (TPSA) is 77.6 Å². The zero-order chi connectivity index (χ0) is 15.2. The SMILES string of the molecule is COc1cccc(OC)c1COc1cccc(C(=N)N)c1.Cl. The lowest BCUT2D eigenvalue weighted by atomic mass is 10.2. The molecule has 0 fully saturated rings. The lowest BCUT2D eigenvalue weighted by molar-refractivity contribution is 0.286. The average Bonchev–Trinajstić information content (AvgIpc) is 2.52. The second kappa shape index (κ2) is 8.14. The quantitative estimate of drug-likeness (QED) is 0.633. The smallest absolute Gasteiger partial charge is 0.129 e. The molecule has 0 aliphatic carbocycles. The van der Waals surface area contributed by atoms with Crippen LogP contribution in [0.4, 0.5) is 0 Å². The van der Waals surface area contributed by atoms with Crippen molar-refractivity contribution in [3.63, 3.8) is 0 Å². The summed E-state index contributed by atoms with van der Waals surface area (Å²) in [5, 5.41) is 7.44. The number of nitrogen functional groups attached to an aromatic ring is 1. The molecule has 0 amide bonds. The van der Waals surface area contributed by atoms with E-state index >= 15 is 0 Å². The summed E-state index contributed by atoms with van der Waals surface area (Å²) in [6, 6.07) is 12.7. The summed E-state index contributed by atoms with van der Waals surface area (Å²) in [5.74, 6) is 2.06. The number of hydrogen-bond donors (Lipinski definition) is 2. The van der Waals surface area contributed by atoms with Gasteiger partial charge < -0.3 is 19.9 Å². The molecule has 118 valence electrons. The summed E-state index contributed by atoms with van der Waals surface area (Å²) >= 11 is 0. The van der Waals surface area contributed by atoms with Crippen LogP contribution >= 0.6 is 12.4 Å². The van der Waals surface area contributed by atoms with E-state index in [9.17, 15) is 0 Å². The van der Waals surface area contributed by atoms with E-state index in [1.165, 1.54) is 0 Å². The number of nitrogens with one attached hydrogen (secondary N) is 1. The standard InChI is InChI=1S/C16H18N2O3.ClH/c1-19-14-7-4-8-15(20-2)13(14)10-21-12-6-3-5-11(9-12)16(17)18;/h3-9H,10H2,1-2H3,(H3,17,18);1H. The normalized spacial score (nSPS) is 9.55. The maximum Gasteiger partial charge on any atom is 0.129 e. The van der Waals surface area contributed by atoms with Gasteiger partial charge in [-0.2, -0.15) is 0 Å². The first-order valence-corrected chi connectivity index (χ1v) is 6.43. The number of amidine groups is 1. The molecule has 2 aromatic carbocycles. The Hall–Kier alpha value is -2.40. The molecule has 6 heteroatoms. The average molecular weight is 323 g/mol. The molecule has 0 unspecified atom stereocenters. The second-order valence-corrected chi connectivity index (χ2v) is 4.37. The Balaban J connectivity index is 0.00000242. The van der Waals surface area contributed by atoms with E-state index in [1.54, 1.807) is 32.4 Å². The summed E-state index contributed by atoms with van der Waals surface area (Å²) < 4.78 is 16.4. The molecule has 0 aliphatic heterocycles. The number of benzene rings is 2. The van der Waals surface area contributed by atoms with Gasteiger partial charge in [0.15, 0.2) is 0 Å². The Kier molecular flexibility index (Phi) is 6.53. The first kappa shape index (κ1) is 17.7. The fraction of sp³-hybridized carbons (Fsp3) is 0.188. The molecule has 0 heterocycles. The molecule has 0 aromatic heterocycles. The number of hydrogen-bond acceptors (Lipinski definition) is 4. The third kappa shape index (κ3) is 4.05. The van der Waals surface area contributed by atoms with Crippen LogP contribution in [0, 0.1) is 5.41 Å². The first-order chi connectivity index (χ1) is 10.2. The monoisotopic (exact) mass is 322 g/mol. The van der Waals surface area contributed by atoms with Crippen LogP contribution in [0.15, 0.2) is 42.5 Å². The predicted molar refractivity (Wildman–Crippen MR) is 88.6 cm³/mol. The molecule has 0 saturated carbocycles. The van der Waals surface area contributed by atoms with E-state index in [4.69, 9.17) is 25.4 Å². The van der Waals surface area contributed by atoms with Crippen LogP contribution < -0.4 is 19.9 Å². The van der Waals surface area contributed by atoms with E-state index in [1.807, 2.05) is 24.3 Å². The highest BCUT2D eigenvalue weighted by atomic mass is 35.5. The van der Waals surface area contributed by atoms with E-state index < -0.39 is 0 Å². The third-order valence-corrected chi connectivity index (χ3v) is 3.06. The van der Waals surface area contributed by atoms with Crippen LogP contribution in [-0.4, -0.2) is 20.1 Å².